The van der Waals surface area contributed by atoms with Gasteiger partial charge < -0.3 is 20.4 Å². The highest BCUT2D eigenvalue weighted by atomic mass is 127. The largest absolute Gasteiger partial charge is 0.356 e. The zero-order valence-corrected chi connectivity index (χ0v) is 20.5. The van der Waals surface area contributed by atoms with Gasteiger partial charge in [-0.15, -0.1) is 24.0 Å². The van der Waals surface area contributed by atoms with Gasteiger partial charge in [0.1, 0.15) is 0 Å². The quantitative estimate of drug-likeness (QED) is 0.206. The Morgan fingerprint density at radius 2 is 1.93 bits per heavy atom. The van der Waals surface area contributed by atoms with Crippen molar-refractivity contribution < 1.29 is 4.79 Å². The molecule has 0 aliphatic carbocycles. The minimum atomic E-state index is 0. The van der Waals surface area contributed by atoms with Crippen LogP contribution in [0.25, 0.3) is 0 Å². The number of halogens is 1. The predicted octanol–water partition coefficient (Wildman–Crippen LogP) is 2.59. The zero-order chi connectivity index (χ0) is 20.2. The van der Waals surface area contributed by atoms with Crippen molar-refractivity contribution in [2.45, 2.75) is 33.1 Å². The van der Waals surface area contributed by atoms with E-state index in [1.165, 1.54) is 5.56 Å². The van der Waals surface area contributed by atoms with E-state index in [1.54, 1.807) is 7.05 Å². The number of rotatable bonds is 11. The molecule has 1 saturated heterocycles. The number of benzene rings is 1. The van der Waals surface area contributed by atoms with Gasteiger partial charge in [0.25, 0.3) is 0 Å². The van der Waals surface area contributed by atoms with Crippen molar-refractivity contribution in [2.24, 2.45) is 10.9 Å². The van der Waals surface area contributed by atoms with Gasteiger partial charge in [0.15, 0.2) is 5.96 Å². The van der Waals surface area contributed by atoms with Crippen molar-refractivity contribution in [1.82, 2.24) is 20.4 Å². The predicted molar refractivity (Wildman–Crippen MR) is 132 cm³/mol. The molecule has 1 aliphatic heterocycles. The number of carbonyl (C=O) groups excluding carboxylic acids is 1. The molecule has 1 amide bonds. The summed E-state index contributed by atoms with van der Waals surface area (Å²) in [4.78, 5) is 21.0. The highest BCUT2D eigenvalue weighted by molar-refractivity contribution is 14.0. The molecule has 0 spiro atoms. The molecular weight excluding hydrogens is 477 g/mol. The van der Waals surface area contributed by atoms with Crippen LogP contribution in [0.3, 0.4) is 0 Å². The average Bonchev–Trinajstić information content (AvgIpc) is 3.09. The van der Waals surface area contributed by atoms with Gasteiger partial charge in [0.05, 0.1) is 0 Å². The lowest BCUT2D eigenvalue weighted by Crippen LogP contribution is -2.41. The molecule has 1 aliphatic rings. The van der Waals surface area contributed by atoms with E-state index in [-0.39, 0.29) is 29.9 Å². The van der Waals surface area contributed by atoms with Crippen molar-refractivity contribution in [3.05, 3.63) is 35.9 Å². The molecule has 1 aromatic carbocycles. The van der Waals surface area contributed by atoms with Gasteiger partial charge in [-0.05, 0) is 38.0 Å². The normalized spacial score (nSPS) is 16.8. The summed E-state index contributed by atoms with van der Waals surface area (Å²) in [5, 5.41) is 6.77. The van der Waals surface area contributed by atoms with E-state index in [2.05, 4.69) is 58.6 Å². The van der Waals surface area contributed by atoms with Gasteiger partial charge in [0, 0.05) is 45.6 Å². The number of guanidine groups is 1. The molecule has 0 radical (unpaired) electrons. The SMILES string of the molecule is CCN(CC)CCCNC(=NC)NCC1CC(=O)N(CCc2ccccc2)C1.I. The van der Waals surface area contributed by atoms with E-state index >= 15 is 0 Å². The van der Waals surface area contributed by atoms with Crippen LogP contribution in [0.15, 0.2) is 35.3 Å². The number of hydrogen-bond acceptors (Lipinski definition) is 3. The molecule has 1 fully saturated rings. The van der Waals surface area contributed by atoms with Gasteiger partial charge in [-0.25, -0.2) is 0 Å². The highest BCUT2D eigenvalue weighted by Crippen LogP contribution is 2.17. The molecule has 29 heavy (non-hydrogen) atoms. The Morgan fingerprint density at radius 3 is 2.59 bits per heavy atom. The van der Waals surface area contributed by atoms with E-state index in [4.69, 9.17) is 0 Å². The van der Waals surface area contributed by atoms with Crippen LogP contribution in [0, 0.1) is 5.92 Å². The van der Waals surface area contributed by atoms with Crippen LogP contribution in [0.4, 0.5) is 0 Å². The summed E-state index contributed by atoms with van der Waals surface area (Å²) < 4.78 is 0. The second-order valence-corrected chi connectivity index (χ2v) is 7.41. The van der Waals surface area contributed by atoms with Gasteiger partial charge in [0.2, 0.25) is 5.91 Å². The maximum atomic E-state index is 12.3. The maximum Gasteiger partial charge on any atom is 0.223 e. The Labute approximate surface area is 193 Å². The van der Waals surface area contributed by atoms with Crippen LogP contribution < -0.4 is 10.6 Å². The van der Waals surface area contributed by atoms with E-state index < -0.39 is 0 Å². The summed E-state index contributed by atoms with van der Waals surface area (Å²) >= 11 is 0. The molecule has 0 aromatic heterocycles. The summed E-state index contributed by atoms with van der Waals surface area (Å²) in [6, 6.07) is 10.4. The molecule has 1 unspecified atom stereocenters. The van der Waals surface area contributed by atoms with Gasteiger partial charge in [-0.1, -0.05) is 44.2 Å². The Hall–Kier alpha value is -1.35. The lowest BCUT2D eigenvalue weighted by Gasteiger charge is -2.19. The Bertz CT molecular complexity index is 606. The minimum absolute atomic E-state index is 0. The van der Waals surface area contributed by atoms with E-state index in [0.717, 1.165) is 64.6 Å². The Kier molecular flexibility index (Phi) is 12.9. The standard InChI is InChI=1S/C22H37N5O.HI/c1-4-26(5-2)14-9-13-24-22(23-3)25-17-20-16-21(28)27(18-20)15-12-19-10-7-6-8-11-19;/h6-8,10-11,20H,4-5,9,12-18H2,1-3H3,(H2,23,24,25);1H. The van der Waals surface area contributed by atoms with E-state index in [1.807, 2.05) is 11.0 Å². The number of hydrogen-bond donors (Lipinski definition) is 2. The third-order valence-electron chi connectivity index (χ3n) is 5.43. The molecule has 7 heteroatoms. The van der Waals surface area contributed by atoms with Crippen molar-refractivity contribution in [2.75, 3.05) is 52.9 Å². The van der Waals surface area contributed by atoms with Crippen molar-refractivity contribution in [3.8, 4) is 0 Å². The fourth-order valence-electron chi connectivity index (χ4n) is 3.63. The molecule has 0 bridgehead atoms. The second-order valence-electron chi connectivity index (χ2n) is 7.41. The molecule has 1 heterocycles. The molecule has 1 atom stereocenters. The summed E-state index contributed by atoms with van der Waals surface area (Å²) in [6.07, 6.45) is 2.64. The van der Waals surface area contributed by atoms with Crippen LogP contribution in [0.1, 0.15) is 32.3 Å². The molecule has 6 nitrogen and oxygen atoms in total. The third kappa shape index (κ3) is 9.33. The smallest absolute Gasteiger partial charge is 0.223 e. The maximum absolute atomic E-state index is 12.3. The first-order valence-corrected chi connectivity index (χ1v) is 10.6. The summed E-state index contributed by atoms with van der Waals surface area (Å²) in [6.45, 7) is 11.0. The van der Waals surface area contributed by atoms with Crippen molar-refractivity contribution >= 4 is 35.8 Å². The second kappa shape index (κ2) is 14.6. The van der Waals surface area contributed by atoms with Crippen LogP contribution in [-0.2, 0) is 11.2 Å². The van der Waals surface area contributed by atoms with Crippen LogP contribution in [0.5, 0.6) is 0 Å². The first kappa shape index (κ1) is 25.7. The molecular formula is C22H38IN5O. The Balaban J connectivity index is 0.00000420. The van der Waals surface area contributed by atoms with Crippen molar-refractivity contribution in [1.29, 1.82) is 0 Å². The Morgan fingerprint density at radius 1 is 1.21 bits per heavy atom. The fraction of sp³-hybridized carbons (Fsp3) is 0.636. The van der Waals surface area contributed by atoms with E-state index in [0.29, 0.717) is 12.3 Å². The number of aliphatic imine (C=N–C) groups is 1. The van der Waals surface area contributed by atoms with E-state index in [9.17, 15) is 4.79 Å². The third-order valence-corrected chi connectivity index (χ3v) is 5.43. The van der Waals surface area contributed by atoms with Crippen molar-refractivity contribution in [3.63, 3.8) is 0 Å². The molecule has 1 aromatic rings. The van der Waals surface area contributed by atoms with Gasteiger partial charge in [-0.2, -0.15) is 0 Å². The summed E-state index contributed by atoms with van der Waals surface area (Å²) in [5.74, 6) is 1.44. The zero-order valence-electron chi connectivity index (χ0n) is 18.2. The van der Waals surface area contributed by atoms with Crippen LogP contribution in [0.2, 0.25) is 0 Å². The van der Waals surface area contributed by atoms with Gasteiger partial charge in [-0.3, -0.25) is 9.79 Å². The molecule has 2 rings (SSSR count). The first-order valence-electron chi connectivity index (χ1n) is 10.6. The minimum Gasteiger partial charge on any atom is -0.356 e. The first-order chi connectivity index (χ1) is 13.7. The number of nitrogens with zero attached hydrogens (tertiary/aromatic N) is 3. The lowest BCUT2D eigenvalue weighted by molar-refractivity contribution is -0.127. The van der Waals surface area contributed by atoms with Crippen LogP contribution in [-0.4, -0.2) is 74.5 Å². The number of carbonyl (C=O) groups is 1. The average molecular weight is 515 g/mol. The molecule has 164 valence electrons. The number of nitrogens with one attached hydrogen (secondary N) is 2. The number of amides is 1. The summed E-state index contributed by atoms with van der Waals surface area (Å²) in [7, 11) is 1.80. The lowest BCUT2D eigenvalue weighted by atomic mass is 10.1. The molecule has 0 saturated carbocycles. The monoisotopic (exact) mass is 515 g/mol. The van der Waals surface area contributed by atoms with Gasteiger partial charge >= 0.3 is 0 Å². The summed E-state index contributed by atoms with van der Waals surface area (Å²) in [5.41, 5.74) is 1.28. The molecule has 2 N–H and O–H groups in total. The number of likely N-dealkylation sites (tertiary alicyclic amines) is 1. The fourth-order valence-corrected chi connectivity index (χ4v) is 3.63. The van der Waals surface area contributed by atoms with Crippen LogP contribution >= 0.6 is 24.0 Å². The highest BCUT2D eigenvalue weighted by Gasteiger charge is 2.29. The topological polar surface area (TPSA) is 60.0 Å².